The number of morpholine rings is 1. The van der Waals surface area contributed by atoms with Gasteiger partial charge in [0.25, 0.3) is 5.91 Å². The zero-order valence-electron chi connectivity index (χ0n) is 21.6. The van der Waals surface area contributed by atoms with Crippen LogP contribution in [0.25, 0.3) is 16.8 Å². The summed E-state index contributed by atoms with van der Waals surface area (Å²) in [4.78, 5) is 22.4. The number of benzene rings is 1. The average Bonchev–Trinajstić information content (AvgIpc) is 3.56. The number of nitrogens with zero attached hydrogens (tertiary/aromatic N) is 6. The zero-order chi connectivity index (χ0) is 25.7. The second kappa shape index (κ2) is 9.58. The lowest BCUT2D eigenvalue weighted by molar-refractivity contribution is 0.0991. The van der Waals surface area contributed by atoms with Crippen LogP contribution in [0.1, 0.15) is 47.4 Å². The van der Waals surface area contributed by atoms with Gasteiger partial charge in [0.2, 0.25) is 0 Å². The third-order valence-electron chi connectivity index (χ3n) is 7.75. The Balaban J connectivity index is 1.40. The van der Waals surface area contributed by atoms with Crippen LogP contribution in [0.2, 0.25) is 0 Å². The summed E-state index contributed by atoms with van der Waals surface area (Å²) in [5.74, 6) is -0.0204. The van der Waals surface area contributed by atoms with Gasteiger partial charge in [-0.1, -0.05) is 0 Å². The predicted molar refractivity (Wildman–Crippen MR) is 150 cm³/mol. The van der Waals surface area contributed by atoms with Crippen molar-refractivity contribution in [2.45, 2.75) is 39.2 Å². The lowest BCUT2D eigenvalue weighted by Gasteiger charge is -2.29. The number of hydrogen-bond donors (Lipinski definition) is 0. The number of aromatic nitrogens is 4. The molecule has 2 unspecified atom stereocenters. The number of hydrogen-bond acceptors (Lipinski definition) is 5. The van der Waals surface area contributed by atoms with Crippen molar-refractivity contribution in [1.82, 2.24) is 19.2 Å². The number of carbonyl (C=O) groups is 1. The highest BCUT2D eigenvalue weighted by Crippen LogP contribution is 2.34. The molecular weight excluding hydrogens is 483 g/mol. The molecule has 0 saturated carbocycles. The summed E-state index contributed by atoms with van der Waals surface area (Å²) in [6.07, 6.45) is 10.8. The monoisotopic (exact) mass is 516 g/mol. The van der Waals surface area contributed by atoms with E-state index in [1.165, 1.54) is 0 Å². The molecule has 0 N–H and O–H groups in total. The van der Waals surface area contributed by atoms with Crippen LogP contribution in [0.15, 0.2) is 43.0 Å². The molecular formula is C28H33N6O2P. The van der Waals surface area contributed by atoms with Gasteiger partial charge in [-0.25, -0.2) is 4.98 Å². The molecule has 0 spiro atoms. The molecule has 1 amide bonds. The summed E-state index contributed by atoms with van der Waals surface area (Å²) in [5.41, 5.74) is 8.01. The summed E-state index contributed by atoms with van der Waals surface area (Å²) in [5, 5.41) is 5.55. The highest BCUT2D eigenvalue weighted by molar-refractivity contribution is 7.28. The number of fused-ring (bicyclic) bond motifs is 2. The number of imidazole rings is 1. The van der Waals surface area contributed by atoms with E-state index in [-0.39, 0.29) is 5.91 Å². The lowest BCUT2D eigenvalue weighted by Crippen LogP contribution is -2.36. The highest BCUT2D eigenvalue weighted by Gasteiger charge is 2.27. The smallest absolute Gasteiger partial charge is 0.261 e. The maximum Gasteiger partial charge on any atom is 0.261 e. The van der Waals surface area contributed by atoms with E-state index < -0.39 is 0 Å². The third kappa shape index (κ3) is 4.22. The fourth-order valence-electron chi connectivity index (χ4n) is 5.69. The van der Waals surface area contributed by atoms with Crippen LogP contribution in [0.4, 0.5) is 11.4 Å². The van der Waals surface area contributed by atoms with Crippen molar-refractivity contribution in [1.29, 1.82) is 0 Å². The fourth-order valence-corrected chi connectivity index (χ4v) is 6.22. The number of pyridine rings is 1. The fraction of sp³-hybridized carbons (Fsp3) is 0.393. The Morgan fingerprint density at radius 3 is 2.84 bits per heavy atom. The van der Waals surface area contributed by atoms with Gasteiger partial charge in [-0.2, -0.15) is 5.10 Å². The second-order valence-corrected chi connectivity index (χ2v) is 10.8. The predicted octanol–water partition coefficient (Wildman–Crippen LogP) is 4.02. The molecule has 0 aliphatic carbocycles. The van der Waals surface area contributed by atoms with Crippen LogP contribution in [-0.2, 0) is 11.2 Å². The van der Waals surface area contributed by atoms with Gasteiger partial charge >= 0.3 is 0 Å². The minimum Gasteiger partial charge on any atom is -0.378 e. The molecule has 2 aliphatic rings. The van der Waals surface area contributed by atoms with Crippen molar-refractivity contribution < 1.29 is 9.53 Å². The van der Waals surface area contributed by atoms with E-state index in [4.69, 9.17) is 4.74 Å². The molecule has 2 atom stereocenters. The molecule has 2 aliphatic heterocycles. The standard InChI is InChI=1S/C28H33N6O2P/c1-18-13-26(37)24(31(3)28(35)22-16-30-34-19(2)5-4-6-23(22)34)15-21(18)20-14-25(32-9-11-36-12-10-32)27-29-7-8-33(27)17-20/h7-8,13-17,19H,4-6,9-12,37H2,1-3H3. The van der Waals surface area contributed by atoms with E-state index in [1.807, 2.05) is 24.1 Å². The summed E-state index contributed by atoms with van der Waals surface area (Å²) in [6.45, 7) is 7.40. The van der Waals surface area contributed by atoms with E-state index in [2.05, 4.69) is 66.9 Å². The van der Waals surface area contributed by atoms with Crippen molar-refractivity contribution in [3.05, 3.63) is 59.8 Å². The second-order valence-electron chi connectivity index (χ2n) is 10.2. The summed E-state index contributed by atoms with van der Waals surface area (Å²) < 4.78 is 9.70. The first kappa shape index (κ1) is 24.1. The molecule has 1 aromatic carbocycles. The van der Waals surface area contributed by atoms with Crippen molar-refractivity contribution in [2.24, 2.45) is 0 Å². The van der Waals surface area contributed by atoms with Crippen LogP contribution in [0.5, 0.6) is 0 Å². The number of carbonyl (C=O) groups excluding carboxylic acids is 1. The Bertz CT molecular complexity index is 1490. The van der Waals surface area contributed by atoms with Crippen molar-refractivity contribution >= 4 is 37.5 Å². The molecule has 4 aromatic rings. The Morgan fingerprint density at radius 2 is 2.03 bits per heavy atom. The molecule has 0 bridgehead atoms. The van der Waals surface area contributed by atoms with Crippen LogP contribution >= 0.6 is 9.24 Å². The van der Waals surface area contributed by atoms with Crippen molar-refractivity contribution in [3.63, 3.8) is 0 Å². The molecule has 1 fully saturated rings. The van der Waals surface area contributed by atoms with Crippen molar-refractivity contribution in [3.8, 4) is 11.1 Å². The largest absolute Gasteiger partial charge is 0.378 e. The number of anilines is 2. The first-order valence-electron chi connectivity index (χ1n) is 13.0. The number of amides is 1. The molecule has 8 nitrogen and oxygen atoms in total. The molecule has 9 heteroatoms. The van der Waals surface area contributed by atoms with Gasteiger partial charge in [0, 0.05) is 50.3 Å². The topological polar surface area (TPSA) is 67.9 Å². The van der Waals surface area contributed by atoms with Crippen LogP contribution in [0, 0.1) is 6.92 Å². The van der Waals surface area contributed by atoms with Gasteiger partial charge < -0.3 is 18.9 Å². The Hall–Kier alpha value is -3.22. The van der Waals surface area contributed by atoms with Gasteiger partial charge in [-0.15, -0.1) is 9.24 Å². The van der Waals surface area contributed by atoms with Crippen LogP contribution in [-0.4, -0.2) is 58.4 Å². The minimum absolute atomic E-state index is 0.0204. The summed E-state index contributed by atoms with van der Waals surface area (Å²) >= 11 is 0. The molecule has 37 heavy (non-hydrogen) atoms. The van der Waals surface area contributed by atoms with Crippen LogP contribution in [0.3, 0.4) is 0 Å². The maximum absolute atomic E-state index is 13.7. The van der Waals surface area contributed by atoms with Crippen LogP contribution < -0.4 is 15.1 Å². The van der Waals surface area contributed by atoms with Gasteiger partial charge in [-0.05, 0) is 67.7 Å². The lowest BCUT2D eigenvalue weighted by atomic mass is 9.99. The normalized spacial score (nSPS) is 17.7. The Labute approximate surface area is 219 Å². The Morgan fingerprint density at radius 1 is 1.22 bits per heavy atom. The van der Waals surface area contributed by atoms with Crippen molar-refractivity contribution in [2.75, 3.05) is 43.2 Å². The first-order valence-corrected chi connectivity index (χ1v) is 13.5. The van der Waals surface area contributed by atoms with Gasteiger partial charge in [0.1, 0.15) is 0 Å². The highest BCUT2D eigenvalue weighted by atomic mass is 31.0. The zero-order valence-corrected chi connectivity index (χ0v) is 22.8. The average molecular weight is 517 g/mol. The minimum atomic E-state index is -0.0204. The van der Waals surface area contributed by atoms with Gasteiger partial charge in [0.05, 0.1) is 42.0 Å². The van der Waals surface area contributed by atoms with E-state index in [0.29, 0.717) is 24.8 Å². The molecule has 6 rings (SSSR count). The quantitative estimate of drug-likeness (QED) is 0.384. The number of ether oxygens (including phenoxy) is 1. The summed E-state index contributed by atoms with van der Waals surface area (Å²) in [6, 6.07) is 6.83. The van der Waals surface area contributed by atoms with Gasteiger partial charge in [0.15, 0.2) is 5.65 Å². The molecule has 3 aromatic heterocycles. The molecule has 1 saturated heterocycles. The molecule has 0 radical (unpaired) electrons. The number of aryl methyl sites for hydroxylation is 1. The van der Waals surface area contributed by atoms with E-state index in [0.717, 1.165) is 77.1 Å². The Kier molecular flexibility index (Phi) is 6.25. The van der Waals surface area contributed by atoms with E-state index >= 15 is 0 Å². The SMILES string of the molecule is Cc1cc(P)c(N(C)C(=O)c2cnn3c2CCCC3C)cc1-c1cc(N2CCOCC2)c2nccn2c1. The number of rotatable bonds is 4. The summed E-state index contributed by atoms with van der Waals surface area (Å²) in [7, 11) is 4.67. The molecule has 5 heterocycles. The van der Waals surface area contributed by atoms with E-state index in [9.17, 15) is 4.79 Å². The van der Waals surface area contributed by atoms with Gasteiger partial charge in [-0.3, -0.25) is 9.48 Å². The maximum atomic E-state index is 13.7. The van der Waals surface area contributed by atoms with E-state index in [1.54, 1.807) is 11.1 Å². The third-order valence-corrected chi connectivity index (χ3v) is 8.22. The molecule has 192 valence electrons. The first-order chi connectivity index (χ1) is 17.9.